The molecule has 5 nitrogen and oxygen atoms in total. The van der Waals surface area contributed by atoms with Gasteiger partial charge in [-0.2, -0.15) is 13.2 Å². The first-order valence-corrected chi connectivity index (χ1v) is 9.86. The first-order chi connectivity index (χ1) is 14.9. The molecule has 0 unspecified atom stereocenters. The minimum atomic E-state index is -4.58. The highest BCUT2D eigenvalue weighted by molar-refractivity contribution is 5.57. The lowest BCUT2D eigenvalue weighted by atomic mass is 10.1. The second-order valence-electron chi connectivity index (χ2n) is 7.30. The Bertz CT molecular complexity index is 1000. The van der Waals surface area contributed by atoms with Gasteiger partial charge >= 0.3 is 6.18 Å². The van der Waals surface area contributed by atoms with Crippen LogP contribution in [-0.2, 0) is 17.5 Å². The van der Waals surface area contributed by atoms with E-state index in [1.54, 1.807) is 24.3 Å². The summed E-state index contributed by atoms with van der Waals surface area (Å²) in [6, 6.07) is 10.3. The molecule has 1 fully saturated rings. The number of hydrogen-bond acceptors (Lipinski definition) is 5. The molecular weight excluding hydrogens is 412 g/mol. The number of halogens is 4. The first-order valence-electron chi connectivity index (χ1n) is 9.86. The van der Waals surface area contributed by atoms with Crippen molar-refractivity contribution in [2.45, 2.75) is 31.7 Å². The lowest BCUT2D eigenvalue weighted by Gasteiger charge is -2.33. The van der Waals surface area contributed by atoms with Gasteiger partial charge in [-0.15, -0.1) is 0 Å². The van der Waals surface area contributed by atoms with Gasteiger partial charge < -0.3 is 9.64 Å². The second kappa shape index (κ2) is 8.97. The van der Waals surface area contributed by atoms with Crippen LogP contribution in [0.5, 0.6) is 0 Å². The highest BCUT2D eigenvalue weighted by Gasteiger charge is 2.34. The Kier molecular flexibility index (Phi) is 6.13. The first kappa shape index (κ1) is 21.2. The molecule has 1 aliphatic rings. The fourth-order valence-electron chi connectivity index (χ4n) is 3.41. The lowest BCUT2D eigenvalue weighted by Crippen LogP contribution is -2.37. The van der Waals surface area contributed by atoms with Crippen molar-refractivity contribution < 1.29 is 22.3 Å². The summed E-state index contributed by atoms with van der Waals surface area (Å²) in [5.41, 5.74) is 0.314. The minimum absolute atomic E-state index is 0.00684. The third kappa shape index (κ3) is 5.35. The topological polar surface area (TPSA) is 51.1 Å². The number of rotatable bonds is 5. The van der Waals surface area contributed by atoms with E-state index < -0.39 is 11.9 Å². The molecule has 162 valence electrons. The van der Waals surface area contributed by atoms with E-state index in [2.05, 4.69) is 15.0 Å². The zero-order valence-electron chi connectivity index (χ0n) is 16.5. The minimum Gasteiger partial charge on any atom is -0.373 e. The van der Waals surface area contributed by atoms with E-state index in [0.29, 0.717) is 38.1 Å². The average Bonchev–Trinajstić information content (AvgIpc) is 2.79. The van der Waals surface area contributed by atoms with Crippen molar-refractivity contribution in [3.63, 3.8) is 0 Å². The van der Waals surface area contributed by atoms with Gasteiger partial charge in [-0.25, -0.2) is 14.4 Å². The summed E-state index contributed by atoms with van der Waals surface area (Å²) in [6.45, 7) is 1.38. The van der Waals surface area contributed by atoms with Crippen LogP contribution in [0.4, 0.5) is 23.4 Å². The van der Waals surface area contributed by atoms with Crippen molar-refractivity contribution in [2.24, 2.45) is 0 Å². The number of ether oxygens (including phenoxy) is 1. The Labute approximate surface area is 176 Å². The van der Waals surface area contributed by atoms with Crippen molar-refractivity contribution in [2.75, 3.05) is 18.0 Å². The molecule has 9 heteroatoms. The van der Waals surface area contributed by atoms with E-state index in [9.17, 15) is 17.6 Å². The maximum absolute atomic E-state index is 13.4. The number of piperidine rings is 1. The number of benzene rings is 1. The molecule has 0 amide bonds. The van der Waals surface area contributed by atoms with Crippen molar-refractivity contribution in [1.82, 2.24) is 15.0 Å². The van der Waals surface area contributed by atoms with Crippen LogP contribution in [-0.4, -0.2) is 34.1 Å². The molecule has 3 heterocycles. The molecule has 0 saturated carbocycles. The van der Waals surface area contributed by atoms with Crippen LogP contribution in [0.3, 0.4) is 0 Å². The smallest absolute Gasteiger partial charge is 0.373 e. The highest BCUT2D eigenvalue weighted by atomic mass is 19.4. The van der Waals surface area contributed by atoms with Gasteiger partial charge in [-0.05, 0) is 42.7 Å². The molecule has 4 rings (SSSR count). The third-order valence-corrected chi connectivity index (χ3v) is 5.09. The fraction of sp³-hybridized carbons (Fsp3) is 0.318. The van der Waals surface area contributed by atoms with Crippen molar-refractivity contribution in [3.05, 3.63) is 71.9 Å². The second-order valence-corrected chi connectivity index (χ2v) is 7.30. The third-order valence-electron chi connectivity index (χ3n) is 5.09. The monoisotopic (exact) mass is 432 g/mol. The van der Waals surface area contributed by atoms with Gasteiger partial charge in [-0.3, -0.25) is 4.98 Å². The van der Waals surface area contributed by atoms with Gasteiger partial charge in [-0.1, -0.05) is 12.1 Å². The Morgan fingerprint density at radius 3 is 2.42 bits per heavy atom. The molecule has 0 atom stereocenters. The largest absolute Gasteiger partial charge is 0.433 e. The molecule has 0 radical (unpaired) electrons. The molecule has 31 heavy (non-hydrogen) atoms. The quantitative estimate of drug-likeness (QED) is 0.538. The molecule has 0 N–H and O–H groups in total. The molecular formula is C22H20F4N4O. The number of pyridine rings is 1. The van der Waals surface area contributed by atoms with Crippen LogP contribution >= 0.6 is 0 Å². The standard InChI is InChI=1S/C22H20F4N4O/c23-17-5-3-15(4-6-17)14-31-18-7-10-30(11-8-18)20-12-19(22(24,25)26)28-21(29-20)16-2-1-9-27-13-16/h1-6,9,12-13,18H,7-8,10-11,14H2. The maximum atomic E-state index is 13.4. The highest BCUT2D eigenvalue weighted by Crippen LogP contribution is 2.32. The van der Waals surface area contributed by atoms with Gasteiger partial charge in [0.05, 0.1) is 12.7 Å². The normalized spacial score (nSPS) is 15.3. The summed E-state index contributed by atoms with van der Waals surface area (Å²) in [6.07, 6.45) is -0.332. The van der Waals surface area contributed by atoms with Crippen LogP contribution in [0.2, 0.25) is 0 Å². The predicted molar refractivity (Wildman–Crippen MR) is 107 cm³/mol. The zero-order valence-corrected chi connectivity index (χ0v) is 16.5. The average molecular weight is 432 g/mol. The zero-order chi connectivity index (χ0) is 21.8. The number of anilines is 1. The van der Waals surface area contributed by atoms with E-state index in [1.165, 1.54) is 24.5 Å². The van der Waals surface area contributed by atoms with Gasteiger partial charge in [0.2, 0.25) is 0 Å². The lowest BCUT2D eigenvalue weighted by molar-refractivity contribution is -0.141. The molecule has 1 aliphatic heterocycles. The van der Waals surface area contributed by atoms with Gasteiger partial charge in [0.1, 0.15) is 11.6 Å². The number of hydrogen-bond donors (Lipinski definition) is 0. The predicted octanol–water partition coefficient (Wildman–Crippen LogP) is 4.88. The van der Waals surface area contributed by atoms with E-state index in [-0.39, 0.29) is 23.6 Å². The number of aromatic nitrogens is 3. The van der Waals surface area contributed by atoms with Crippen LogP contribution in [0.25, 0.3) is 11.4 Å². The van der Waals surface area contributed by atoms with Crippen LogP contribution in [0.15, 0.2) is 54.9 Å². The van der Waals surface area contributed by atoms with Crippen molar-refractivity contribution in [1.29, 1.82) is 0 Å². The summed E-state index contributed by atoms with van der Waals surface area (Å²) in [7, 11) is 0. The summed E-state index contributed by atoms with van der Waals surface area (Å²) >= 11 is 0. The van der Waals surface area contributed by atoms with Crippen LogP contribution in [0.1, 0.15) is 24.1 Å². The van der Waals surface area contributed by atoms with Crippen molar-refractivity contribution in [3.8, 4) is 11.4 Å². The number of nitrogens with zero attached hydrogens (tertiary/aromatic N) is 4. The van der Waals surface area contributed by atoms with E-state index in [4.69, 9.17) is 4.74 Å². The Balaban J connectivity index is 1.45. The molecule has 1 aromatic carbocycles. The van der Waals surface area contributed by atoms with Gasteiger partial charge in [0.25, 0.3) is 0 Å². The van der Waals surface area contributed by atoms with Gasteiger partial charge in [0.15, 0.2) is 11.5 Å². The summed E-state index contributed by atoms with van der Waals surface area (Å²) < 4.78 is 59.1. The van der Waals surface area contributed by atoms with E-state index >= 15 is 0 Å². The summed E-state index contributed by atoms with van der Waals surface area (Å²) in [4.78, 5) is 13.8. The fourth-order valence-corrected chi connectivity index (χ4v) is 3.41. The Morgan fingerprint density at radius 2 is 1.77 bits per heavy atom. The SMILES string of the molecule is Fc1ccc(COC2CCN(c3cc(C(F)(F)F)nc(-c4cccnc4)n3)CC2)cc1. The Morgan fingerprint density at radius 1 is 1.03 bits per heavy atom. The summed E-state index contributed by atoms with van der Waals surface area (Å²) in [5.74, 6) is -0.0726. The van der Waals surface area contributed by atoms with E-state index in [1.807, 2.05) is 4.90 Å². The van der Waals surface area contributed by atoms with E-state index in [0.717, 1.165) is 11.6 Å². The molecule has 3 aromatic rings. The van der Waals surface area contributed by atoms with Gasteiger partial charge in [0, 0.05) is 37.1 Å². The van der Waals surface area contributed by atoms with Crippen LogP contribution in [0, 0.1) is 5.82 Å². The van der Waals surface area contributed by atoms with Crippen molar-refractivity contribution >= 4 is 5.82 Å². The molecule has 0 aliphatic carbocycles. The Hall–Kier alpha value is -3.07. The maximum Gasteiger partial charge on any atom is 0.433 e. The molecule has 0 spiro atoms. The number of alkyl halides is 3. The molecule has 2 aromatic heterocycles. The molecule has 1 saturated heterocycles. The summed E-state index contributed by atoms with van der Waals surface area (Å²) in [5, 5.41) is 0. The molecule has 0 bridgehead atoms. The van der Waals surface area contributed by atoms with Crippen LogP contribution < -0.4 is 4.90 Å².